The number of rotatable bonds is 9. The van der Waals surface area contributed by atoms with Crippen LogP contribution < -0.4 is 0 Å². The summed E-state index contributed by atoms with van der Waals surface area (Å²) in [4.78, 5) is 29.0. The number of fused-ring (bicyclic) bond motifs is 7. The van der Waals surface area contributed by atoms with Gasteiger partial charge in [0.25, 0.3) is 0 Å². The van der Waals surface area contributed by atoms with E-state index in [1.807, 2.05) is 0 Å². The average Bonchev–Trinajstić information content (AvgIpc) is 3.27. The number of ether oxygens (including phenoxy) is 6. The molecule has 67 heavy (non-hydrogen) atoms. The minimum atomic E-state index is -1.77. The second kappa shape index (κ2) is 18.0. The van der Waals surface area contributed by atoms with E-state index < -0.39 is 151 Å². The predicted molar refractivity (Wildman–Crippen MR) is 231 cm³/mol. The molecule has 3 heterocycles. The lowest BCUT2D eigenvalue weighted by molar-refractivity contribution is -0.364. The maximum atomic E-state index is 14.7. The fourth-order valence-electron chi connectivity index (χ4n) is 15.1. The van der Waals surface area contributed by atoms with Gasteiger partial charge in [-0.2, -0.15) is 0 Å². The standard InChI is InChI=1S/C48H76O19/c1-21-37(66-39-34(56)31(53)29(51)24(19-49)63-39)33(55)36(58)38(62-21)65-28-11-12-45(6)26(44(28,4)5)10-13-46(7)27(45)9-8-22-23-18-43(2,3)14-15-47(23,16-17-48(22,46)41(59)60)42(61)67-40-35(57)32(54)30(52)25(20-50)64-40/h8,21,23-40,49-58H,9-20H2,1-7H3,(H,59,60)/t21-,23+,24?,25?,26?,27?,28+,29?,30?,31?,32?,33-,34?,35?,36-,37-,38+,39?,40?,45+,46-,47+,48-/m1/s1. The third-order valence-electron chi connectivity index (χ3n) is 19.1. The Balaban J connectivity index is 1.02. The van der Waals surface area contributed by atoms with Gasteiger partial charge in [0.1, 0.15) is 67.1 Å². The number of carboxylic acid groups (broad SMARTS) is 1. The summed E-state index contributed by atoms with van der Waals surface area (Å²) in [5.74, 6) is -2.14. The molecule has 382 valence electrons. The van der Waals surface area contributed by atoms with Crippen molar-refractivity contribution in [3.63, 3.8) is 0 Å². The number of carboxylic acids is 1. The molecule has 0 radical (unpaired) electrons. The number of aliphatic carboxylic acids is 1. The number of carbonyl (C=O) groups is 2. The second-order valence-electron chi connectivity index (χ2n) is 23.3. The summed E-state index contributed by atoms with van der Waals surface area (Å²) < 4.78 is 35.6. The smallest absolute Gasteiger partial charge is 0.315 e. The van der Waals surface area contributed by atoms with Gasteiger partial charge >= 0.3 is 11.9 Å². The molecule has 5 aliphatic carbocycles. The van der Waals surface area contributed by atoms with Crippen LogP contribution in [-0.2, 0) is 38.0 Å². The first kappa shape index (κ1) is 51.4. The van der Waals surface area contributed by atoms with Crippen molar-refractivity contribution in [1.82, 2.24) is 0 Å². The summed E-state index contributed by atoms with van der Waals surface area (Å²) >= 11 is 0. The first-order valence-corrected chi connectivity index (χ1v) is 24.3. The molecule has 0 amide bonds. The molecule has 3 aliphatic heterocycles. The Morgan fingerprint density at radius 2 is 1.22 bits per heavy atom. The molecular weight excluding hydrogens is 881 g/mol. The number of aliphatic hydroxyl groups is 10. The predicted octanol–water partition coefficient (Wildman–Crippen LogP) is 0.233. The van der Waals surface area contributed by atoms with Gasteiger partial charge < -0.3 is 84.6 Å². The largest absolute Gasteiger partial charge is 0.481 e. The van der Waals surface area contributed by atoms with Gasteiger partial charge in [-0.1, -0.05) is 53.2 Å². The number of hydrogen-bond donors (Lipinski definition) is 11. The van der Waals surface area contributed by atoms with Gasteiger partial charge in [0, 0.05) is 0 Å². The monoisotopic (exact) mass is 956 g/mol. The van der Waals surface area contributed by atoms with Gasteiger partial charge in [0.15, 0.2) is 12.6 Å². The van der Waals surface area contributed by atoms with Crippen LogP contribution in [0.2, 0.25) is 0 Å². The van der Waals surface area contributed by atoms with E-state index in [-0.39, 0.29) is 35.5 Å². The van der Waals surface area contributed by atoms with Crippen molar-refractivity contribution in [3.8, 4) is 0 Å². The maximum absolute atomic E-state index is 14.7. The van der Waals surface area contributed by atoms with Gasteiger partial charge in [0.2, 0.25) is 6.29 Å². The van der Waals surface area contributed by atoms with Crippen molar-refractivity contribution >= 4 is 11.9 Å². The van der Waals surface area contributed by atoms with Gasteiger partial charge in [-0.25, -0.2) is 0 Å². The lowest BCUT2D eigenvalue weighted by atomic mass is 9.33. The lowest BCUT2D eigenvalue weighted by Crippen LogP contribution is -2.68. The molecule has 8 aliphatic rings. The summed E-state index contributed by atoms with van der Waals surface area (Å²) in [5, 5.41) is 117. The van der Waals surface area contributed by atoms with Crippen molar-refractivity contribution in [2.75, 3.05) is 13.2 Å². The molecule has 7 fully saturated rings. The highest BCUT2D eigenvalue weighted by molar-refractivity contribution is 5.85. The summed E-state index contributed by atoms with van der Waals surface area (Å²) in [6.45, 7) is 13.1. The van der Waals surface area contributed by atoms with Crippen molar-refractivity contribution in [1.29, 1.82) is 0 Å². The summed E-state index contributed by atoms with van der Waals surface area (Å²) in [7, 11) is 0. The van der Waals surface area contributed by atoms with Crippen LogP contribution in [0.3, 0.4) is 0 Å². The zero-order valence-corrected chi connectivity index (χ0v) is 39.7. The fraction of sp³-hybridized carbons (Fsp3) is 0.917. The van der Waals surface area contributed by atoms with Crippen molar-refractivity contribution in [3.05, 3.63) is 11.6 Å². The number of allylic oxidation sites excluding steroid dienone is 1. The molecule has 0 spiro atoms. The number of hydrogen-bond acceptors (Lipinski definition) is 18. The van der Waals surface area contributed by atoms with Gasteiger partial charge in [-0.15, -0.1) is 0 Å². The van der Waals surface area contributed by atoms with Crippen LogP contribution >= 0.6 is 0 Å². The molecule has 0 bridgehead atoms. The zero-order valence-electron chi connectivity index (χ0n) is 39.7. The fourth-order valence-corrected chi connectivity index (χ4v) is 15.1. The third kappa shape index (κ3) is 7.88. The molecule has 0 aromatic carbocycles. The topological polar surface area (TPSA) is 312 Å². The maximum Gasteiger partial charge on any atom is 0.315 e. The van der Waals surface area contributed by atoms with E-state index in [0.29, 0.717) is 51.4 Å². The van der Waals surface area contributed by atoms with Crippen LogP contribution in [0.25, 0.3) is 0 Å². The molecule has 11 N–H and O–H groups in total. The van der Waals surface area contributed by atoms with Crippen LogP contribution in [0.5, 0.6) is 0 Å². The molecule has 3 saturated heterocycles. The Bertz CT molecular complexity index is 1870. The molecule has 19 heteroatoms. The van der Waals surface area contributed by atoms with E-state index >= 15 is 0 Å². The van der Waals surface area contributed by atoms with Crippen LogP contribution in [0.15, 0.2) is 11.6 Å². The molecule has 19 nitrogen and oxygen atoms in total. The third-order valence-corrected chi connectivity index (χ3v) is 19.1. The molecule has 0 aromatic heterocycles. The molecular formula is C48H76O19. The Hall–Kier alpha value is -1.92. The molecule has 12 unspecified atom stereocenters. The second-order valence-corrected chi connectivity index (χ2v) is 23.3. The van der Waals surface area contributed by atoms with E-state index in [4.69, 9.17) is 28.4 Å². The van der Waals surface area contributed by atoms with E-state index in [1.54, 1.807) is 6.92 Å². The highest BCUT2D eigenvalue weighted by Crippen LogP contribution is 2.76. The Morgan fingerprint density at radius 3 is 1.84 bits per heavy atom. The van der Waals surface area contributed by atoms with E-state index in [0.717, 1.165) is 5.57 Å². The van der Waals surface area contributed by atoms with Crippen LogP contribution in [0.1, 0.15) is 113 Å². The first-order chi connectivity index (χ1) is 31.3. The van der Waals surface area contributed by atoms with E-state index in [9.17, 15) is 65.8 Å². The minimum absolute atomic E-state index is 0.0350. The molecule has 8 rings (SSSR count). The Labute approximate surface area is 391 Å². The van der Waals surface area contributed by atoms with Crippen LogP contribution in [0.4, 0.5) is 0 Å². The average molecular weight is 957 g/mol. The van der Waals surface area contributed by atoms with Gasteiger partial charge in [-0.05, 0) is 111 Å². The summed E-state index contributed by atoms with van der Waals surface area (Å²) in [5.41, 5.74) is -3.59. The number of carbonyl (C=O) groups excluding carboxylic acids is 1. The van der Waals surface area contributed by atoms with Crippen molar-refractivity contribution in [2.24, 2.45) is 50.2 Å². The van der Waals surface area contributed by atoms with Crippen LogP contribution in [0, 0.1) is 50.2 Å². The van der Waals surface area contributed by atoms with E-state index in [1.165, 1.54) is 0 Å². The molecule has 0 aromatic rings. The lowest BCUT2D eigenvalue weighted by Gasteiger charge is -2.70. The SMILES string of the molecule is C[C@H]1O[C@@H](O[C@H]2CC[C@@]3(C)C(CC[C@]4(C)C3CC=C3[C@@H]5CC(C)(C)CC[C@]5(C(=O)OC5OC(CO)C(O)C(O)C5O)CC[C@]34C(=O)O)C2(C)C)[C@H](O)[C@@H](O)[C@@H]1OC1OC(CO)C(O)C(O)C1O. The normalized spacial score (nSPS) is 52.6. The number of aliphatic hydroxyl groups excluding tert-OH is 10. The minimum Gasteiger partial charge on any atom is -0.481 e. The van der Waals surface area contributed by atoms with Gasteiger partial charge in [0.05, 0.1) is 36.3 Å². The van der Waals surface area contributed by atoms with Crippen LogP contribution in [-0.4, -0.2) is 180 Å². The number of esters is 1. The Morgan fingerprint density at radius 1 is 0.657 bits per heavy atom. The summed E-state index contributed by atoms with van der Waals surface area (Å²) in [6, 6.07) is 0. The zero-order chi connectivity index (χ0) is 49.1. The highest BCUT2D eigenvalue weighted by atomic mass is 16.7. The Kier molecular flexibility index (Phi) is 13.8. The first-order valence-electron chi connectivity index (χ1n) is 24.3. The highest BCUT2D eigenvalue weighted by Gasteiger charge is 2.73. The summed E-state index contributed by atoms with van der Waals surface area (Å²) in [6.07, 6.45) is -15.9. The van der Waals surface area contributed by atoms with Gasteiger partial charge in [-0.3, -0.25) is 9.59 Å². The molecule has 4 saturated carbocycles. The molecule has 23 atom stereocenters. The van der Waals surface area contributed by atoms with Crippen molar-refractivity contribution < 1.29 is 94.2 Å². The van der Waals surface area contributed by atoms with E-state index in [2.05, 4.69) is 47.6 Å². The quantitative estimate of drug-likeness (QED) is 0.0838. The van der Waals surface area contributed by atoms with Crippen molar-refractivity contribution in [2.45, 2.75) is 211 Å².